The maximum atomic E-state index is 13.5. The van der Waals surface area contributed by atoms with Gasteiger partial charge in [-0.25, -0.2) is 0 Å². The van der Waals surface area contributed by atoms with Gasteiger partial charge in [0.05, 0.1) is 11.1 Å². The van der Waals surface area contributed by atoms with Crippen molar-refractivity contribution in [1.29, 1.82) is 0 Å². The summed E-state index contributed by atoms with van der Waals surface area (Å²) in [5.74, 6) is -0.0179. The highest BCUT2D eigenvalue weighted by atomic mass is 19.4. The first-order chi connectivity index (χ1) is 17.0. The van der Waals surface area contributed by atoms with Crippen LogP contribution in [0.25, 0.3) is 0 Å². The van der Waals surface area contributed by atoms with E-state index in [9.17, 15) is 26.3 Å². The van der Waals surface area contributed by atoms with Crippen LogP contribution in [0.5, 0.6) is 0 Å². The van der Waals surface area contributed by atoms with E-state index in [1.165, 1.54) is 12.8 Å². The third-order valence-electron chi connectivity index (χ3n) is 7.90. The number of rotatable bonds is 4. The van der Waals surface area contributed by atoms with Crippen molar-refractivity contribution >= 4 is 5.69 Å². The molecule has 2 atom stereocenters. The second kappa shape index (κ2) is 9.56. The van der Waals surface area contributed by atoms with Crippen LogP contribution in [-0.2, 0) is 12.4 Å². The Labute approximate surface area is 207 Å². The molecule has 9 heteroatoms. The summed E-state index contributed by atoms with van der Waals surface area (Å²) in [5, 5.41) is 0. The molecule has 2 heterocycles. The van der Waals surface area contributed by atoms with Crippen molar-refractivity contribution in [3.63, 3.8) is 0 Å². The quantitative estimate of drug-likeness (QED) is 0.455. The van der Waals surface area contributed by atoms with Gasteiger partial charge in [0.2, 0.25) is 0 Å². The van der Waals surface area contributed by atoms with E-state index in [1.807, 2.05) is 31.2 Å². The van der Waals surface area contributed by atoms with Crippen LogP contribution in [0.3, 0.4) is 0 Å². The standard InChI is InChI=1S/C27H31F6N3/c1-18-2-4-19(5-3-18)24-17-36(9-8-25(24)35-12-10-34(11-13-35)22-6-7-22)23-15-20(26(28,29)30)14-21(16-23)27(31,32)33/h2-5,14-16,22,24-25H,6-13,17H2,1H3. The zero-order chi connectivity index (χ0) is 25.7. The maximum absolute atomic E-state index is 13.5. The summed E-state index contributed by atoms with van der Waals surface area (Å²) >= 11 is 0. The van der Waals surface area contributed by atoms with Gasteiger partial charge in [0, 0.05) is 63.0 Å². The van der Waals surface area contributed by atoms with Crippen LogP contribution in [0.1, 0.15) is 47.4 Å². The van der Waals surface area contributed by atoms with Gasteiger partial charge in [-0.15, -0.1) is 0 Å². The van der Waals surface area contributed by atoms with E-state index in [1.54, 1.807) is 4.90 Å². The molecule has 3 nitrogen and oxygen atoms in total. The van der Waals surface area contributed by atoms with Crippen molar-refractivity contribution < 1.29 is 26.3 Å². The minimum atomic E-state index is -4.86. The summed E-state index contributed by atoms with van der Waals surface area (Å²) in [6.45, 7) is 6.66. The number of anilines is 1. The molecule has 196 valence electrons. The lowest BCUT2D eigenvalue weighted by Gasteiger charge is -2.47. The van der Waals surface area contributed by atoms with Gasteiger partial charge in [0.15, 0.2) is 0 Å². The largest absolute Gasteiger partial charge is 0.416 e. The van der Waals surface area contributed by atoms with Crippen LogP contribution in [-0.4, -0.2) is 61.2 Å². The Balaban J connectivity index is 1.43. The van der Waals surface area contributed by atoms with Gasteiger partial charge < -0.3 is 4.90 Å². The molecule has 1 saturated carbocycles. The van der Waals surface area contributed by atoms with E-state index < -0.39 is 23.5 Å². The number of piperidine rings is 1. The van der Waals surface area contributed by atoms with E-state index in [0.29, 0.717) is 25.6 Å². The highest BCUT2D eigenvalue weighted by molar-refractivity contribution is 5.54. The minimum Gasteiger partial charge on any atom is -0.371 e. The van der Waals surface area contributed by atoms with Crippen LogP contribution in [0.15, 0.2) is 42.5 Å². The number of halogens is 6. The normalized spacial score (nSPS) is 24.8. The lowest BCUT2D eigenvalue weighted by molar-refractivity contribution is -0.143. The molecule has 2 aromatic carbocycles. The Morgan fingerprint density at radius 1 is 0.694 bits per heavy atom. The van der Waals surface area contributed by atoms with Crippen LogP contribution in [0, 0.1) is 6.92 Å². The van der Waals surface area contributed by atoms with Crippen LogP contribution >= 0.6 is 0 Å². The van der Waals surface area contributed by atoms with Crippen LogP contribution in [0.4, 0.5) is 32.0 Å². The van der Waals surface area contributed by atoms with Crippen molar-refractivity contribution in [2.75, 3.05) is 44.2 Å². The summed E-state index contributed by atoms with van der Waals surface area (Å²) in [7, 11) is 0. The molecule has 1 aliphatic carbocycles. The van der Waals surface area contributed by atoms with Crippen molar-refractivity contribution in [2.45, 2.75) is 56.5 Å². The molecule has 0 aromatic heterocycles. The molecule has 3 aliphatic rings. The first-order valence-corrected chi connectivity index (χ1v) is 12.6. The fourth-order valence-electron chi connectivity index (χ4n) is 5.75. The van der Waals surface area contributed by atoms with Crippen LogP contribution < -0.4 is 4.90 Å². The van der Waals surface area contributed by atoms with E-state index in [0.717, 1.165) is 49.4 Å². The van der Waals surface area contributed by atoms with Gasteiger partial charge in [0.25, 0.3) is 0 Å². The van der Waals surface area contributed by atoms with Crippen molar-refractivity contribution in [2.24, 2.45) is 0 Å². The Hall–Kier alpha value is -2.26. The van der Waals surface area contributed by atoms with Crippen molar-refractivity contribution in [3.8, 4) is 0 Å². The van der Waals surface area contributed by atoms with Crippen LogP contribution in [0.2, 0.25) is 0 Å². The van der Waals surface area contributed by atoms with Gasteiger partial charge in [-0.1, -0.05) is 29.8 Å². The van der Waals surface area contributed by atoms with Crippen molar-refractivity contribution in [3.05, 3.63) is 64.7 Å². The first kappa shape index (κ1) is 25.4. The summed E-state index contributed by atoms with van der Waals surface area (Å²) < 4.78 is 80.9. The molecular formula is C27H31F6N3. The summed E-state index contributed by atoms with van der Waals surface area (Å²) in [6, 6.07) is 10.9. The molecule has 2 saturated heterocycles. The molecule has 0 amide bonds. The average Bonchev–Trinajstić information content (AvgIpc) is 3.69. The highest BCUT2D eigenvalue weighted by Gasteiger charge is 2.40. The molecule has 2 unspecified atom stereocenters. The average molecular weight is 512 g/mol. The lowest BCUT2D eigenvalue weighted by atomic mass is 9.84. The minimum absolute atomic E-state index is 0.0179. The SMILES string of the molecule is Cc1ccc(C2CN(c3cc(C(F)(F)F)cc(C(F)(F)F)c3)CCC2N2CCN(C3CC3)CC2)cc1. The molecule has 3 fully saturated rings. The van der Waals surface area contributed by atoms with Gasteiger partial charge in [-0.05, 0) is 49.9 Å². The summed E-state index contributed by atoms with van der Waals surface area (Å²) in [5.41, 5.74) is -0.377. The van der Waals surface area contributed by atoms with Gasteiger partial charge in [-0.2, -0.15) is 26.3 Å². The van der Waals surface area contributed by atoms with E-state index >= 15 is 0 Å². The third kappa shape index (κ3) is 5.52. The number of aryl methyl sites for hydroxylation is 1. The molecule has 0 spiro atoms. The fraction of sp³-hybridized carbons (Fsp3) is 0.556. The molecule has 36 heavy (non-hydrogen) atoms. The summed E-state index contributed by atoms with van der Waals surface area (Å²) in [6.07, 6.45) is -6.50. The van der Waals surface area contributed by atoms with Gasteiger partial charge >= 0.3 is 12.4 Å². The Morgan fingerprint density at radius 3 is 1.78 bits per heavy atom. The van der Waals surface area contributed by atoms with Crippen molar-refractivity contribution in [1.82, 2.24) is 9.80 Å². The second-order valence-electron chi connectivity index (χ2n) is 10.4. The van der Waals surface area contributed by atoms with E-state index in [4.69, 9.17) is 0 Å². The third-order valence-corrected chi connectivity index (χ3v) is 7.90. The monoisotopic (exact) mass is 511 g/mol. The summed E-state index contributed by atoms with van der Waals surface area (Å²) in [4.78, 5) is 6.72. The second-order valence-corrected chi connectivity index (χ2v) is 10.4. The maximum Gasteiger partial charge on any atom is 0.416 e. The number of benzene rings is 2. The highest BCUT2D eigenvalue weighted by Crippen LogP contribution is 2.41. The number of piperazine rings is 1. The lowest BCUT2D eigenvalue weighted by Crippen LogP contribution is -2.56. The molecule has 5 rings (SSSR count). The smallest absolute Gasteiger partial charge is 0.371 e. The molecule has 2 aliphatic heterocycles. The Bertz CT molecular complexity index is 1020. The van der Waals surface area contributed by atoms with E-state index in [-0.39, 0.29) is 23.7 Å². The molecular weight excluding hydrogens is 480 g/mol. The number of nitrogens with zero attached hydrogens (tertiary/aromatic N) is 3. The predicted molar refractivity (Wildman–Crippen MR) is 127 cm³/mol. The Morgan fingerprint density at radius 2 is 1.25 bits per heavy atom. The Kier molecular flexibility index (Phi) is 6.74. The van der Waals surface area contributed by atoms with Gasteiger partial charge in [-0.3, -0.25) is 9.80 Å². The zero-order valence-corrected chi connectivity index (χ0v) is 20.2. The fourth-order valence-corrected chi connectivity index (χ4v) is 5.75. The molecule has 2 aromatic rings. The van der Waals surface area contributed by atoms with E-state index in [2.05, 4.69) is 9.80 Å². The van der Waals surface area contributed by atoms with Gasteiger partial charge in [0.1, 0.15) is 0 Å². The number of hydrogen-bond acceptors (Lipinski definition) is 3. The molecule has 0 N–H and O–H groups in total. The first-order valence-electron chi connectivity index (χ1n) is 12.6. The zero-order valence-electron chi connectivity index (χ0n) is 20.2. The molecule has 0 radical (unpaired) electrons. The predicted octanol–water partition coefficient (Wildman–Crippen LogP) is 6.18. The topological polar surface area (TPSA) is 9.72 Å². The number of hydrogen-bond donors (Lipinski definition) is 0. The molecule has 0 bridgehead atoms. The number of alkyl halides is 6.